The first-order valence-corrected chi connectivity index (χ1v) is 9.28. The van der Waals surface area contributed by atoms with E-state index in [0.29, 0.717) is 10.0 Å². The van der Waals surface area contributed by atoms with Crippen molar-refractivity contribution in [1.29, 1.82) is 0 Å². The van der Waals surface area contributed by atoms with Gasteiger partial charge in [0.1, 0.15) is 0 Å². The second-order valence-corrected chi connectivity index (χ2v) is 7.66. The SMILES string of the molecule is Clc1ccc(CN2CCN(Cc3ccc(Br)cc3)CC2)cc1Cl. The molecule has 0 atom stereocenters. The van der Waals surface area contributed by atoms with E-state index in [1.54, 1.807) is 0 Å². The lowest BCUT2D eigenvalue weighted by Gasteiger charge is -2.34. The highest BCUT2D eigenvalue weighted by Gasteiger charge is 2.17. The predicted octanol–water partition coefficient (Wildman–Crippen LogP) is 5.07. The van der Waals surface area contributed by atoms with Crippen LogP contribution in [-0.4, -0.2) is 36.0 Å². The van der Waals surface area contributed by atoms with Crippen molar-refractivity contribution < 1.29 is 0 Å². The summed E-state index contributed by atoms with van der Waals surface area (Å²) in [6, 6.07) is 14.5. The summed E-state index contributed by atoms with van der Waals surface area (Å²) in [5.74, 6) is 0. The largest absolute Gasteiger partial charge is 0.297 e. The van der Waals surface area contributed by atoms with Crippen LogP contribution in [0.25, 0.3) is 0 Å². The third-order valence-corrected chi connectivity index (χ3v) is 5.44. The van der Waals surface area contributed by atoms with Crippen LogP contribution in [0.1, 0.15) is 11.1 Å². The molecule has 0 amide bonds. The van der Waals surface area contributed by atoms with Crippen molar-refractivity contribution in [3.05, 3.63) is 68.1 Å². The van der Waals surface area contributed by atoms with Crippen LogP contribution in [0.2, 0.25) is 10.0 Å². The summed E-state index contributed by atoms with van der Waals surface area (Å²) in [6.07, 6.45) is 0. The molecule has 2 aromatic rings. The summed E-state index contributed by atoms with van der Waals surface area (Å²) in [5.41, 5.74) is 2.59. The van der Waals surface area contributed by atoms with E-state index in [1.807, 2.05) is 12.1 Å². The molecule has 1 fully saturated rings. The van der Waals surface area contributed by atoms with Gasteiger partial charge < -0.3 is 0 Å². The number of hydrogen-bond acceptors (Lipinski definition) is 2. The zero-order valence-electron chi connectivity index (χ0n) is 12.8. The van der Waals surface area contributed by atoms with Gasteiger partial charge in [0.25, 0.3) is 0 Å². The Morgan fingerprint density at radius 1 is 0.739 bits per heavy atom. The van der Waals surface area contributed by atoms with Gasteiger partial charge in [0, 0.05) is 43.7 Å². The van der Waals surface area contributed by atoms with E-state index in [0.717, 1.165) is 43.7 Å². The lowest BCUT2D eigenvalue weighted by atomic mass is 10.1. The van der Waals surface area contributed by atoms with Gasteiger partial charge in [0.15, 0.2) is 0 Å². The van der Waals surface area contributed by atoms with Crippen LogP contribution in [0.5, 0.6) is 0 Å². The van der Waals surface area contributed by atoms with Crippen molar-refractivity contribution in [1.82, 2.24) is 9.80 Å². The maximum atomic E-state index is 6.09. The Balaban J connectivity index is 1.50. The topological polar surface area (TPSA) is 6.48 Å². The minimum atomic E-state index is 0.620. The maximum Gasteiger partial charge on any atom is 0.0595 e. The minimum absolute atomic E-state index is 0.620. The van der Waals surface area contributed by atoms with Gasteiger partial charge in [-0.3, -0.25) is 9.80 Å². The van der Waals surface area contributed by atoms with E-state index in [9.17, 15) is 0 Å². The van der Waals surface area contributed by atoms with Gasteiger partial charge in [0.2, 0.25) is 0 Å². The third-order valence-electron chi connectivity index (χ3n) is 4.17. The van der Waals surface area contributed by atoms with Gasteiger partial charge in [-0.1, -0.05) is 57.3 Å². The fourth-order valence-electron chi connectivity index (χ4n) is 2.85. The van der Waals surface area contributed by atoms with Crippen LogP contribution in [0.15, 0.2) is 46.9 Å². The Morgan fingerprint density at radius 3 is 1.83 bits per heavy atom. The molecular weight excluding hydrogens is 395 g/mol. The van der Waals surface area contributed by atoms with Gasteiger partial charge >= 0.3 is 0 Å². The summed E-state index contributed by atoms with van der Waals surface area (Å²) in [4.78, 5) is 4.98. The number of nitrogens with zero attached hydrogens (tertiary/aromatic N) is 2. The quantitative estimate of drug-likeness (QED) is 0.689. The molecule has 5 heteroatoms. The Labute approximate surface area is 156 Å². The van der Waals surface area contributed by atoms with Crippen LogP contribution < -0.4 is 0 Å². The molecule has 0 aliphatic carbocycles. The molecule has 0 bridgehead atoms. The minimum Gasteiger partial charge on any atom is -0.297 e. The van der Waals surface area contributed by atoms with E-state index in [1.165, 1.54) is 11.1 Å². The van der Waals surface area contributed by atoms with Crippen molar-refractivity contribution in [2.75, 3.05) is 26.2 Å². The molecule has 2 aromatic carbocycles. The summed E-state index contributed by atoms with van der Waals surface area (Å²) >= 11 is 15.5. The first-order chi connectivity index (χ1) is 11.1. The molecule has 1 aliphatic heterocycles. The summed E-state index contributed by atoms with van der Waals surface area (Å²) in [7, 11) is 0. The van der Waals surface area contributed by atoms with Gasteiger partial charge in [-0.15, -0.1) is 0 Å². The van der Waals surface area contributed by atoms with E-state index in [-0.39, 0.29) is 0 Å². The molecule has 0 unspecified atom stereocenters. The molecule has 2 nitrogen and oxygen atoms in total. The Morgan fingerprint density at radius 2 is 1.26 bits per heavy atom. The average molecular weight is 414 g/mol. The lowest BCUT2D eigenvalue weighted by molar-refractivity contribution is 0.122. The van der Waals surface area contributed by atoms with E-state index < -0.39 is 0 Å². The van der Waals surface area contributed by atoms with E-state index in [4.69, 9.17) is 23.2 Å². The van der Waals surface area contributed by atoms with Crippen LogP contribution >= 0.6 is 39.1 Å². The predicted molar refractivity (Wildman–Crippen MR) is 101 cm³/mol. The molecule has 1 saturated heterocycles. The highest BCUT2D eigenvalue weighted by molar-refractivity contribution is 9.10. The first-order valence-electron chi connectivity index (χ1n) is 7.73. The van der Waals surface area contributed by atoms with Gasteiger partial charge in [-0.25, -0.2) is 0 Å². The van der Waals surface area contributed by atoms with Crippen LogP contribution in [0.4, 0.5) is 0 Å². The van der Waals surface area contributed by atoms with Crippen LogP contribution in [0, 0.1) is 0 Å². The van der Waals surface area contributed by atoms with E-state index >= 15 is 0 Å². The summed E-state index contributed by atoms with van der Waals surface area (Å²) in [6.45, 7) is 6.30. The molecule has 1 heterocycles. The zero-order valence-corrected chi connectivity index (χ0v) is 15.9. The van der Waals surface area contributed by atoms with Crippen molar-refractivity contribution in [2.24, 2.45) is 0 Å². The van der Waals surface area contributed by atoms with Crippen molar-refractivity contribution >= 4 is 39.1 Å². The highest BCUT2D eigenvalue weighted by atomic mass is 79.9. The van der Waals surface area contributed by atoms with Crippen molar-refractivity contribution in [3.8, 4) is 0 Å². The number of benzene rings is 2. The fraction of sp³-hybridized carbons (Fsp3) is 0.333. The number of rotatable bonds is 4. The summed E-state index contributed by atoms with van der Waals surface area (Å²) < 4.78 is 1.13. The highest BCUT2D eigenvalue weighted by Crippen LogP contribution is 2.23. The van der Waals surface area contributed by atoms with Crippen molar-refractivity contribution in [3.63, 3.8) is 0 Å². The normalized spacial score (nSPS) is 16.7. The smallest absolute Gasteiger partial charge is 0.0595 e. The molecule has 0 N–H and O–H groups in total. The molecule has 0 spiro atoms. The van der Waals surface area contributed by atoms with E-state index in [2.05, 4.69) is 56.1 Å². The Bertz CT molecular complexity index is 653. The van der Waals surface area contributed by atoms with Crippen LogP contribution in [0.3, 0.4) is 0 Å². The standard InChI is InChI=1S/C18H19BrCl2N2/c19-16-4-1-14(2-5-16)12-22-7-9-23(10-8-22)13-15-3-6-17(20)18(21)11-15/h1-6,11H,7-10,12-13H2. The molecule has 1 aliphatic rings. The number of halogens is 3. The molecular formula is C18H19BrCl2N2. The second-order valence-electron chi connectivity index (χ2n) is 5.93. The molecule has 23 heavy (non-hydrogen) atoms. The Hall–Kier alpha value is -0.580. The monoisotopic (exact) mass is 412 g/mol. The summed E-state index contributed by atoms with van der Waals surface area (Å²) in [5, 5.41) is 1.26. The second kappa shape index (κ2) is 8.00. The molecule has 122 valence electrons. The maximum absolute atomic E-state index is 6.09. The third kappa shape index (κ3) is 4.94. The molecule has 0 radical (unpaired) electrons. The van der Waals surface area contributed by atoms with Crippen LogP contribution in [-0.2, 0) is 13.1 Å². The zero-order chi connectivity index (χ0) is 16.2. The average Bonchev–Trinajstić information content (AvgIpc) is 2.55. The van der Waals surface area contributed by atoms with Gasteiger partial charge in [0.05, 0.1) is 10.0 Å². The van der Waals surface area contributed by atoms with Gasteiger partial charge in [-0.2, -0.15) is 0 Å². The number of piperazine rings is 1. The number of hydrogen-bond donors (Lipinski definition) is 0. The Kier molecular flexibility index (Phi) is 6.00. The van der Waals surface area contributed by atoms with Crippen molar-refractivity contribution in [2.45, 2.75) is 13.1 Å². The molecule has 0 aromatic heterocycles. The lowest BCUT2D eigenvalue weighted by Crippen LogP contribution is -2.45. The molecule has 3 rings (SSSR count). The first kappa shape index (κ1) is 17.2. The molecule has 0 saturated carbocycles. The van der Waals surface area contributed by atoms with Gasteiger partial charge in [-0.05, 0) is 35.4 Å². The fourth-order valence-corrected chi connectivity index (χ4v) is 3.43.